The van der Waals surface area contributed by atoms with Crippen LogP contribution in [0.15, 0.2) is 24.3 Å². The Hall–Kier alpha value is -1.43. The summed E-state index contributed by atoms with van der Waals surface area (Å²) in [6.07, 6.45) is 0.887. The first-order valence-electron chi connectivity index (χ1n) is 7.62. The Bertz CT molecular complexity index is 687. The van der Waals surface area contributed by atoms with Crippen LogP contribution >= 0.6 is 22.9 Å². The first-order chi connectivity index (χ1) is 11.0. The summed E-state index contributed by atoms with van der Waals surface area (Å²) in [4.78, 5) is 17.5. The number of benzene rings is 1. The quantitative estimate of drug-likeness (QED) is 0.828. The maximum atomic E-state index is 12.5. The van der Waals surface area contributed by atoms with Crippen molar-refractivity contribution >= 4 is 28.8 Å². The molecule has 6 heteroatoms. The normalized spacial score (nSPS) is 13.6. The molecular formula is C17H21ClN2O2S. The van der Waals surface area contributed by atoms with E-state index in [1.807, 2.05) is 39.0 Å². The Morgan fingerprint density at radius 1 is 1.43 bits per heavy atom. The van der Waals surface area contributed by atoms with Gasteiger partial charge in [0.15, 0.2) is 0 Å². The highest BCUT2D eigenvalue weighted by Crippen LogP contribution is 2.32. The number of rotatable bonds is 6. The van der Waals surface area contributed by atoms with Crippen LogP contribution in [-0.4, -0.2) is 28.6 Å². The van der Waals surface area contributed by atoms with E-state index in [2.05, 4.69) is 10.3 Å². The van der Waals surface area contributed by atoms with Gasteiger partial charge in [0.1, 0.15) is 9.88 Å². The van der Waals surface area contributed by atoms with Crippen molar-refractivity contribution in [1.82, 2.24) is 10.3 Å². The molecule has 1 aromatic heterocycles. The van der Waals surface area contributed by atoms with E-state index >= 15 is 0 Å². The molecular weight excluding hydrogens is 332 g/mol. The van der Waals surface area contributed by atoms with Gasteiger partial charge in [0, 0.05) is 5.56 Å². The highest BCUT2D eigenvalue weighted by atomic mass is 35.5. The van der Waals surface area contributed by atoms with Gasteiger partial charge in [-0.05, 0) is 18.9 Å². The minimum Gasteiger partial charge on any atom is -0.394 e. The number of halogens is 1. The van der Waals surface area contributed by atoms with Crippen molar-refractivity contribution in [1.29, 1.82) is 0 Å². The summed E-state index contributed by atoms with van der Waals surface area (Å²) in [7, 11) is 0. The fraction of sp³-hybridized carbons (Fsp3) is 0.412. The van der Waals surface area contributed by atoms with Gasteiger partial charge >= 0.3 is 0 Å². The SMILES string of the molecule is CCC(C)C(CO)NC(=O)c1sc(-c2ccccc2Cl)nc1C. The van der Waals surface area contributed by atoms with E-state index in [0.29, 0.717) is 15.6 Å². The van der Waals surface area contributed by atoms with E-state index in [0.717, 1.165) is 17.0 Å². The zero-order chi connectivity index (χ0) is 17.0. The summed E-state index contributed by atoms with van der Waals surface area (Å²) < 4.78 is 0. The molecule has 2 unspecified atom stereocenters. The van der Waals surface area contributed by atoms with Crippen LogP contribution < -0.4 is 5.32 Å². The summed E-state index contributed by atoms with van der Waals surface area (Å²) in [5.74, 6) is 0.0119. The van der Waals surface area contributed by atoms with E-state index in [1.165, 1.54) is 11.3 Å². The average Bonchev–Trinajstić information content (AvgIpc) is 2.93. The molecule has 0 fully saturated rings. The van der Waals surface area contributed by atoms with Gasteiger partial charge in [-0.2, -0.15) is 0 Å². The lowest BCUT2D eigenvalue weighted by Gasteiger charge is -2.21. The molecule has 1 aromatic carbocycles. The Morgan fingerprint density at radius 3 is 2.74 bits per heavy atom. The summed E-state index contributed by atoms with van der Waals surface area (Å²) >= 11 is 7.52. The average molecular weight is 353 g/mol. The van der Waals surface area contributed by atoms with E-state index in [-0.39, 0.29) is 24.5 Å². The predicted molar refractivity (Wildman–Crippen MR) is 95.1 cm³/mol. The Kier molecular flexibility index (Phi) is 6.16. The number of amides is 1. The standard InChI is InChI=1S/C17H21ClN2O2S/c1-4-10(2)14(9-21)20-16(22)15-11(3)19-17(23-15)12-7-5-6-8-13(12)18/h5-8,10,14,21H,4,9H2,1-3H3,(H,20,22). The molecule has 1 heterocycles. The molecule has 0 saturated heterocycles. The topological polar surface area (TPSA) is 62.2 Å². The highest BCUT2D eigenvalue weighted by Gasteiger charge is 2.22. The number of nitrogens with zero attached hydrogens (tertiary/aromatic N) is 1. The van der Waals surface area contributed by atoms with Gasteiger partial charge in [-0.15, -0.1) is 11.3 Å². The molecule has 4 nitrogen and oxygen atoms in total. The summed E-state index contributed by atoms with van der Waals surface area (Å²) in [5, 5.41) is 13.7. The lowest BCUT2D eigenvalue weighted by molar-refractivity contribution is 0.0895. The van der Waals surface area contributed by atoms with Gasteiger partial charge in [-0.1, -0.05) is 50.1 Å². The number of carbonyl (C=O) groups excluding carboxylic acids is 1. The third-order valence-electron chi connectivity index (χ3n) is 3.95. The molecule has 0 aliphatic rings. The maximum Gasteiger partial charge on any atom is 0.263 e. The van der Waals surface area contributed by atoms with Gasteiger partial charge in [-0.25, -0.2) is 4.98 Å². The van der Waals surface area contributed by atoms with Crippen molar-refractivity contribution in [2.24, 2.45) is 5.92 Å². The number of thiazole rings is 1. The lowest BCUT2D eigenvalue weighted by Crippen LogP contribution is -2.41. The van der Waals surface area contributed by atoms with Crippen molar-refractivity contribution in [3.63, 3.8) is 0 Å². The Morgan fingerprint density at radius 2 is 2.13 bits per heavy atom. The van der Waals surface area contributed by atoms with Gasteiger partial charge in [0.25, 0.3) is 5.91 Å². The fourth-order valence-corrected chi connectivity index (χ4v) is 3.53. The van der Waals surface area contributed by atoms with Crippen molar-refractivity contribution in [3.8, 4) is 10.6 Å². The van der Waals surface area contributed by atoms with E-state index in [9.17, 15) is 9.90 Å². The lowest BCUT2D eigenvalue weighted by atomic mass is 10.00. The van der Waals surface area contributed by atoms with E-state index in [1.54, 1.807) is 6.07 Å². The molecule has 0 radical (unpaired) electrons. The molecule has 0 aliphatic carbocycles. The minimum atomic E-state index is -0.252. The van der Waals surface area contributed by atoms with Gasteiger partial charge in [0.2, 0.25) is 0 Å². The van der Waals surface area contributed by atoms with E-state index < -0.39 is 0 Å². The van der Waals surface area contributed by atoms with E-state index in [4.69, 9.17) is 11.6 Å². The molecule has 23 heavy (non-hydrogen) atoms. The first kappa shape index (κ1) is 17.9. The van der Waals surface area contributed by atoms with Crippen molar-refractivity contribution in [2.75, 3.05) is 6.61 Å². The summed E-state index contributed by atoms with van der Waals surface area (Å²) in [6, 6.07) is 7.19. The fourth-order valence-electron chi connectivity index (χ4n) is 2.24. The molecule has 2 aromatic rings. The van der Waals surface area contributed by atoms with Crippen molar-refractivity contribution in [3.05, 3.63) is 39.9 Å². The second kappa shape index (κ2) is 7.90. The predicted octanol–water partition coefficient (Wildman–Crippen LogP) is 3.91. The molecule has 2 atom stereocenters. The monoisotopic (exact) mass is 352 g/mol. The molecule has 1 amide bonds. The van der Waals surface area contributed by atoms with Gasteiger partial charge in [0.05, 0.1) is 23.4 Å². The number of aliphatic hydroxyl groups excluding tert-OH is 1. The number of aryl methyl sites for hydroxylation is 1. The Balaban J connectivity index is 2.24. The zero-order valence-corrected chi connectivity index (χ0v) is 15.0. The van der Waals surface area contributed by atoms with Crippen molar-refractivity contribution in [2.45, 2.75) is 33.2 Å². The largest absolute Gasteiger partial charge is 0.394 e. The molecule has 2 rings (SSSR count). The van der Waals surface area contributed by atoms with Crippen LogP contribution in [0, 0.1) is 12.8 Å². The van der Waals surface area contributed by atoms with Crippen LogP contribution in [0.1, 0.15) is 35.6 Å². The van der Waals surface area contributed by atoms with Gasteiger partial charge in [-0.3, -0.25) is 4.79 Å². The van der Waals surface area contributed by atoms with Crippen LogP contribution in [0.2, 0.25) is 5.02 Å². The molecule has 0 aliphatic heterocycles. The number of aromatic nitrogens is 1. The maximum absolute atomic E-state index is 12.5. The smallest absolute Gasteiger partial charge is 0.263 e. The van der Waals surface area contributed by atoms with Crippen molar-refractivity contribution < 1.29 is 9.90 Å². The zero-order valence-electron chi connectivity index (χ0n) is 13.5. The van der Waals surface area contributed by atoms with Crippen LogP contribution in [-0.2, 0) is 0 Å². The van der Waals surface area contributed by atoms with Crippen LogP contribution in [0.25, 0.3) is 10.6 Å². The number of aliphatic hydroxyl groups is 1. The number of hydrogen-bond acceptors (Lipinski definition) is 4. The number of carbonyl (C=O) groups is 1. The van der Waals surface area contributed by atoms with Crippen LogP contribution in [0.3, 0.4) is 0 Å². The second-order valence-corrected chi connectivity index (χ2v) is 6.97. The summed E-state index contributed by atoms with van der Waals surface area (Å²) in [6.45, 7) is 5.78. The second-order valence-electron chi connectivity index (χ2n) is 5.56. The minimum absolute atomic E-state index is 0.0734. The third-order valence-corrected chi connectivity index (χ3v) is 5.47. The molecule has 124 valence electrons. The van der Waals surface area contributed by atoms with Gasteiger partial charge < -0.3 is 10.4 Å². The van der Waals surface area contributed by atoms with Crippen LogP contribution in [0.5, 0.6) is 0 Å². The summed E-state index contributed by atoms with van der Waals surface area (Å²) in [5.41, 5.74) is 1.49. The third kappa shape index (κ3) is 4.10. The molecule has 0 saturated carbocycles. The Labute approximate surface area is 145 Å². The van der Waals surface area contributed by atoms with Crippen LogP contribution in [0.4, 0.5) is 0 Å². The molecule has 0 bridgehead atoms. The highest BCUT2D eigenvalue weighted by molar-refractivity contribution is 7.17. The molecule has 0 spiro atoms. The first-order valence-corrected chi connectivity index (χ1v) is 8.81. The number of nitrogens with one attached hydrogen (secondary N) is 1. The number of hydrogen-bond donors (Lipinski definition) is 2. The molecule has 2 N–H and O–H groups in total.